The first-order valence-corrected chi connectivity index (χ1v) is 6.09. The normalized spacial score (nSPS) is 20.6. The van der Waals surface area contributed by atoms with Crippen molar-refractivity contribution in [2.45, 2.75) is 25.8 Å². The Hall–Kier alpha value is -0.540. The van der Waals surface area contributed by atoms with E-state index < -0.39 is 0 Å². The average molecular weight is 270 g/mol. The van der Waals surface area contributed by atoms with Crippen LogP contribution in [0.5, 0.6) is 5.75 Å². The zero-order valence-electron chi connectivity index (χ0n) is 9.14. The minimum absolute atomic E-state index is 0.497. The summed E-state index contributed by atoms with van der Waals surface area (Å²) in [6.07, 6.45) is 2.49. The number of nitrogens with one attached hydrogen (secondary N) is 1. The molecule has 0 aliphatic carbocycles. The predicted octanol–water partition coefficient (Wildman–Crippen LogP) is 3.19. The lowest BCUT2D eigenvalue weighted by molar-refractivity contribution is 0.413. The van der Waals surface area contributed by atoms with E-state index in [1.807, 2.05) is 6.07 Å². The molecule has 1 atom stereocenters. The van der Waals surface area contributed by atoms with Gasteiger partial charge in [0.15, 0.2) is 0 Å². The van der Waals surface area contributed by atoms with E-state index in [-0.39, 0.29) is 0 Å². The highest BCUT2D eigenvalue weighted by Crippen LogP contribution is 2.33. The van der Waals surface area contributed by atoms with Crippen LogP contribution in [0.3, 0.4) is 0 Å². The first kappa shape index (κ1) is 11.0. The lowest BCUT2D eigenvalue weighted by Crippen LogP contribution is -2.14. The fourth-order valence-corrected chi connectivity index (χ4v) is 2.56. The minimum Gasteiger partial charge on any atom is -0.497 e. The van der Waals surface area contributed by atoms with E-state index >= 15 is 0 Å². The Morgan fingerprint density at radius 1 is 1.47 bits per heavy atom. The maximum absolute atomic E-state index is 5.29. The van der Waals surface area contributed by atoms with Gasteiger partial charge in [0.1, 0.15) is 5.75 Å². The molecule has 3 heteroatoms. The van der Waals surface area contributed by atoms with Crippen molar-refractivity contribution in [2.24, 2.45) is 0 Å². The van der Waals surface area contributed by atoms with Crippen LogP contribution in [0.1, 0.15) is 30.0 Å². The summed E-state index contributed by atoms with van der Waals surface area (Å²) in [6.45, 7) is 3.28. The van der Waals surface area contributed by atoms with E-state index in [0.29, 0.717) is 6.04 Å². The number of benzene rings is 1. The first-order valence-electron chi connectivity index (χ1n) is 5.30. The summed E-state index contributed by atoms with van der Waals surface area (Å²) in [5, 5.41) is 3.52. The third kappa shape index (κ3) is 2.18. The third-order valence-corrected chi connectivity index (χ3v) is 3.85. The lowest BCUT2D eigenvalue weighted by atomic mass is 10.00. The van der Waals surface area contributed by atoms with Crippen LogP contribution >= 0.6 is 15.9 Å². The first-order chi connectivity index (χ1) is 7.22. The number of rotatable bonds is 2. The molecule has 1 unspecified atom stereocenters. The summed E-state index contributed by atoms with van der Waals surface area (Å²) in [7, 11) is 1.71. The van der Waals surface area contributed by atoms with Gasteiger partial charge in [0.25, 0.3) is 0 Å². The van der Waals surface area contributed by atoms with Gasteiger partial charge in [-0.05, 0) is 49.6 Å². The largest absolute Gasteiger partial charge is 0.497 e. The summed E-state index contributed by atoms with van der Waals surface area (Å²) in [5.41, 5.74) is 2.67. The van der Waals surface area contributed by atoms with Gasteiger partial charge in [0.2, 0.25) is 0 Å². The fraction of sp³-hybridized carbons (Fsp3) is 0.500. The Morgan fingerprint density at radius 3 is 2.87 bits per heavy atom. The number of ether oxygens (including phenoxy) is 1. The summed E-state index contributed by atoms with van der Waals surface area (Å²) in [4.78, 5) is 0. The van der Waals surface area contributed by atoms with Crippen molar-refractivity contribution in [2.75, 3.05) is 13.7 Å². The molecule has 1 heterocycles. The number of methoxy groups -OCH3 is 1. The standard InChI is InChI=1S/C12H16BrNO/c1-8-10(12-4-3-5-14-12)6-9(15-2)7-11(8)13/h6-7,12,14H,3-5H2,1-2H3. The SMILES string of the molecule is COc1cc(Br)c(C)c(C2CCCN2)c1. The van der Waals surface area contributed by atoms with Crippen molar-refractivity contribution < 1.29 is 4.74 Å². The molecular weight excluding hydrogens is 254 g/mol. The minimum atomic E-state index is 0.497. The quantitative estimate of drug-likeness (QED) is 0.891. The number of hydrogen-bond donors (Lipinski definition) is 1. The Morgan fingerprint density at radius 2 is 2.27 bits per heavy atom. The Labute approximate surface area is 99.1 Å². The van der Waals surface area contributed by atoms with Crippen molar-refractivity contribution in [1.29, 1.82) is 0 Å². The Bertz CT molecular complexity index is 359. The van der Waals surface area contributed by atoms with E-state index in [1.54, 1.807) is 7.11 Å². The van der Waals surface area contributed by atoms with Crippen LogP contribution in [0.2, 0.25) is 0 Å². The van der Waals surface area contributed by atoms with Crippen LogP contribution in [-0.2, 0) is 0 Å². The smallest absolute Gasteiger partial charge is 0.120 e. The average Bonchev–Trinajstić information content (AvgIpc) is 2.75. The molecule has 1 fully saturated rings. The molecule has 1 saturated heterocycles. The van der Waals surface area contributed by atoms with E-state index in [9.17, 15) is 0 Å². The Balaban J connectivity index is 2.39. The van der Waals surface area contributed by atoms with Crippen molar-refractivity contribution in [1.82, 2.24) is 5.32 Å². The Kier molecular flexibility index (Phi) is 3.32. The summed E-state index contributed by atoms with van der Waals surface area (Å²) >= 11 is 3.58. The topological polar surface area (TPSA) is 21.3 Å². The van der Waals surface area contributed by atoms with Gasteiger partial charge in [-0.1, -0.05) is 15.9 Å². The fourth-order valence-electron chi connectivity index (χ4n) is 2.10. The molecule has 2 rings (SSSR count). The van der Waals surface area contributed by atoms with Gasteiger partial charge in [-0.2, -0.15) is 0 Å². The summed E-state index contributed by atoms with van der Waals surface area (Å²) < 4.78 is 6.42. The second-order valence-corrected chi connectivity index (χ2v) is 4.83. The molecule has 1 N–H and O–H groups in total. The maximum Gasteiger partial charge on any atom is 0.120 e. The molecule has 1 aromatic rings. The second-order valence-electron chi connectivity index (χ2n) is 3.97. The molecule has 0 bridgehead atoms. The van der Waals surface area contributed by atoms with Crippen molar-refractivity contribution in [3.8, 4) is 5.75 Å². The van der Waals surface area contributed by atoms with Crippen molar-refractivity contribution >= 4 is 15.9 Å². The van der Waals surface area contributed by atoms with Crippen molar-refractivity contribution in [3.05, 3.63) is 27.7 Å². The predicted molar refractivity (Wildman–Crippen MR) is 65.4 cm³/mol. The van der Waals surface area contributed by atoms with Crippen LogP contribution < -0.4 is 10.1 Å². The van der Waals surface area contributed by atoms with E-state index in [1.165, 1.54) is 24.0 Å². The maximum atomic E-state index is 5.29. The molecule has 2 nitrogen and oxygen atoms in total. The third-order valence-electron chi connectivity index (χ3n) is 3.03. The highest BCUT2D eigenvalue weighted by molar-refractivity contribution is 9.10. The highest BCUT2D eigenvalue weighted by Gasteiger charge is 2.19. The molecule has 0 amide bonds. The molecule has 15 heavy (non-hydrogen) atoms. The molecule has 82 valence electrons. The monoisotopic (exact) mass is 269 g/mol. The zero-order chi connectivity index (χ0) is 10.8. The molecule has 1 aromatic carbocycles. The van der Waals surface area contributed by atoms with Crippen LogP contribution in [0.25, 0.3) is 0 Å². The molecular formula is C12H16BrNO. The van der Waals surface area contributed by atoms with E-state index in [0.717, 1.165) is 16.8 Å². The molecule has 1 aliphatic rings. The van der Waals surface area contributed by atoms with Gasteiger partial charge in [-0.25, -0.2) is 0 Å². The van der Waals surface area contributed by atoms with Crippen molar-refractivity contribution in [3.63, 3.8) is 0 Å². The van der Waals surface area contributed by atoms with Crippen LogP contribution in [0, 0.1) is 6.92 Å². The van der Waals surface area contributed by atoms with Gasteiger partial charge >= 0.3 is 0 Å². The second kappa shape index (κ2) is 4.54. The molecule has 0 saturated carbocycles. The molecule has 0 radical (unpaired) electrons. The van der Waals surface area contributed by atoms with E-state index in [2.05, 4.69) is 34.2 Å². The lowest BCUT2D eigenvalue weighted by Gasteiger charge is -2.16. The van der Waals surface area contributed by atoms with E-state index in [4.69, 9.17) is 4.74 Å². The highest BCUT2D eigenvalue weighted by atomic mass is 79.9. The molecule has 0 aromatic heterocycles. The van der Waals surface area contributed by atoms with Gasteiger partial charge in [-0.15, -0.1) is 0 Å². The molecule has 0 spiro atoms. The van der Waals surface area contributed by atoms with Crippen LogP contribution in [-0.4, -0.2) is 13.7 Å². The zero-order valence-corrected chi connectivity index (χ0v) is 10.7. The molecule has 1 aliphatic heterocycles. The number of hydrogen-bond acceptors (Lipinski definition) is 2. The van der Waals surface area contributed by atoms with Gasteiger partial charge < -0.3 is 10.1 Å². The summed E-state index contributed by atoms with van der Waals surface area (Å²) in [5.74, 6) is 0.927. The number of halogens is 1. The van der Waals surface area contributed by atoms with Crippen LogP contribution in [0.15, 0.2) is 16.6 Å². The van der Waals surface area contributed by atoms with Gasteiger partial charge in [0.05, 0.1) is 7.11 Å². The van der Waals surface area contributed by atoms with Gasteiger partial charge in [0, 0.05) is 10.5 Å². The van der Waals surface area contributed by atoms with Crippen LogP contribution in [0.4, 0.5) is 0 Å². The summed E-state index contributed by atoms with van der Waals surface area (Å²) in [6, 6.07) is 4.66. The van der Waals surface area contributed by atoms with Gasteiger partial charge in [-0.3, -0.25) is 0 Å².